The molecule has 0 amide bonds. The van der Waals surface area contributed by atoms with Gasteiger partial charge >= 0.3 is 0 Å². The lowest BCUT2D eigenvalue weighted by molar-refractivity contribution is 0.0767. The van der Waals surface area contributed by atoms with Gasteiger partial charge in [-0.3, -0.25) is 0 Å². The third-order valence-electron chi connectivity index (χ3n) is 5.49. The summed E-state index contributed by atoms with van der Waals surface area (Å²) in [5, 5.41) is 8.86. The Hall–Kier alpha value is -0.560. The smallest absolute Gasteiger partial charge is 0.0614 e. The highest BCUT2D eigenvalue weighted by Gasteiger charge is 2.36. The summed E-state index contributed by atoms with van der Waals surface area (Å²) in [6.07, 6.45) is 13.3. The van der Waals surface area contributed by atoms with Gasteiger partial charge in [0, 0.05) is 0 Å². The Bertz CT molecular complexity index is 362. The minimum atomic E-state index is 0.170. The Morgan fingerprint density at radius 1 is 1.14 bits per heavy atom. The van der Waals surface area contributed by atoms with Gasteiger partial charge in [-0.25, -0.2) is 0 Å². The summed E-state index contributed by atoms with van der Waals surface area (Å²) in [5.41, 5.74) is 3.36. The predicted molar refractivity (Wildman–Crippen MR) is 93.4 cm³/mol. The molecule has 1 aliphatic rings. The van der Waals surface area contributed by atoms with E-state index < -0.39 is 0 Å². The van der Waals surface area contributed by atoms with Gasteiger partial charge < -0.3 is 5.11 Å². The highest BCUT2D eigenvalue weighted by atomic mass is 16.2. The minimum absolute atomic E-state index is 0.170. The molecule has 1 aliphatic carbocycles. The van der Waals surface area contributed by atoms with E-state index in [1.165, 1.54) is 37.7 Å². The van der Waals surface area contributed by atoms with Gasteiger partial charge in [0.1, 0.15) is 0 Å². The van der Waals surface area contributed by atoms with Gasteiger partial charge in [-0.15, -0.1) is 0 Å². The molecule has 1 N–H and O–H groups in total. The van der Waals surface area contributed by atoms with Crippen molar-refractivity contribution >= 4 is 0 Å². The number of hydrogen-bond donors (Lipinski definition) is 1. The molecule has 21 heavy (non-hydrogen) atoms. The van der Waals surface area contributed by atoms with Crippen molar-refractivity contribution in [1.82, 2.24) is 0 Å². The SMILES string of the molecule is CC(=CCO)CCC=C(C)CCC1C(C)CCCC1(C)C. The van der Waals surface area contributed by atoms with Gasteiger partial charge in [-0.1, -0.05) is 56.9 Å². The molecule has 0 heterocycles. The molecule has 0 aliphatic heterocycles. The van der Waals surface area contributed by atoms with Crippen LogP contribution in [-0.2, 0) is 0 Å². The molecule has 1 rings (SSSR count). The fourth-order valence-corrected chi connectivity index (χ4v) is 4.00. The Kier molecular flexibility index (Phi) is 7.73. The van der Waals surface area contributed by atoms with Gasteiger partial charge in [0.05, 0.1) is 6.61 Å². The number of rotatable bonds is 7. The van der Waals surface area contributed by atoms with Crippen LogP contribution in [0.1, 0.15) is 79.6 Å². The number of aliphatic hydroxyl groups is 1. The summed E-state index contributed by atoms with van der Waals surface area (Å²) in [6, 6.07) is 0. The Morgan fingerprint density at radius 3 is 2.43 bits per heavy atom. The molecular weight excluding hydrogens is 256 g/mol. The quantitative estimate of drug-likeness (QED) is 0.580. The molecule has 0 aromatic rings. The molecule has 1 heteroatoms. The van der Waals surface area contributed by atoms with Crippen LogP contribution in [0.15, 0.2) is 23.3 Å². The van der Waals surface area contributed by atoms with Crippen molar-refractivity contribution in [3.05, 3.63) is 23.3 Å². The lowest BCUT2D eigenvalue weighted by Crippen LogP contribution is -2.33. The topological polar surface area (TPSA) is 20.2 Å². The van der Waals surface area contributed by atoms with Crippen LogP contribution in [-0.4, -0.2) is 11.7 Å². The molecule has 122 valence electrons. The van der Waals surface area contributed by atoms with Crippen molar-refractivity contribution in [2.45, 2.75) is 79.6 Å². The molecule has 0 spiro atoms. The summed E-state index contributed by atoms with van der Waals surface area (Å²) in [4.78, 5) is 0. The van der Waals surface area contributed by atoms with Crippen LogP contribution in [0.3, 0.4) is 0 Å². The van der Waals surface area contributed by atoms with Crippen molar-refractivity contribution in [3.63, 3.8) is 0 Å². The first-order valence-corrected chi connectivity index (χ1v) is 8.79. The third-order valence-corrected chi connectivity index (χ3v) is 5.49. The molecule has 0 aromatic heterocycles. The lowest BCUT2D eigenvalue weighted by Gasteiger charge is -2.43. The van der Waals surface area contributed by atoms with E-state index >= 15 is 0 Å². The van der Waals surface area contributed by atoms with E-state index in [1.54, 1.807) is 5.57 Å². The summed E-state index contributed by atoms with van der Waals surface area (Å²) < 4.78 is 0. The largest absolute Gasteiger partial charge is 0.392 e. The van der Waals surface area contributed by atoms with Gasteiger partial charge in [-0.05, 0) is 63.2 Å². The van der Waals surface area contributed by atoms with Crippen LogP contribution in [0, 0.1) is 17.3 Å². The Morgan fingerprint density at radius 2 is 1.81 bits per heavy atom. The molecule has 0 radical (unpaired) electrons. The summed E-state index contributed by atoms with van der Waals surface area (Å²) in [6.45, 7) is 11.9. The highest BCUT2D eigenvalue weighted by Crippen LogP contribution is 2.46. The molecule has 0 aromatic carbocycles. The first kappa shape index (κ1) is 18.5. The molecule has 2 unspecified atom stereocenters. The zero-order chi connectivity index (χ0) is 15.9. The highest BCUT2D eigenvalue weighted by molar-refractivity contribution is 5.04. The minimum Gasteiger partial charge on any atom is -0.392 e. The molecule has 1 saturated carbocycles. The second-order valence-electron chi connectivity index (χ2n) is 7.83. The van der Waals surface area contributed by atoms with Crippen molar-refractivity contribution in [2.24, 2.45) is 17.3 Å². The average molecular weight is 293 g/mol. The van der Waals surface area contributed by atoms with E-state index in [0.717, 1.165) is 24.7 Å². The molecular formula is C20H36O. The zero-order valence-electron chi connectivity index (χ0n) is 14.9. The van der Waals surface area contributed by atoms with Gasteiger partial charge in [-0.2, -0.15) is 0 Å². The van der Waals surface area contributed by atoms with Crippen molar-refractivity contribution in [2.75, 3.05) is 6.61 Å². The number of hydrogen-bond acceptors (Lipinski definition) is 1. The first-order chi connectivity index (χ1) is 9.86. The maximum Gasteiger partial charge on any atom is 0.0614 e. The van der Waals surface area contributed by atoms with Crippen LogP contribution in [0.4, 0.5) is 0 Å². The van der Waals surface area contributed by atoms with Crippen LogP contribution in [0.2, 0.25) is 0 Å². The van der Waals surface area contributed by atoms with Crippen LogP contribution < -0.4 is 0 Å². The van der Waals surface area contributed by atoms with E-state index in [9.17, 15) is 0 Å². The average Bonchev–Trinajstić information content (AvgIpc) is 2.37. The summed E-state index contributed by atoms with van der Waals surface area (Å²) >= 11 is 0. The van der Waals surface area contributed by atoms with Crippen LogP contribution >= 0.6 is 0 Å². The van der Waals surface area contributed by atoms with Crippen molar-refractivity contribution < 1.29 is 5.11 Å². The second-order valence-corrected chi connectivity index (χ2v) is 7.83. The third kappa shape index (κ3) is 6.38. The molecule has 2 atom stereocenters. The number of aliphatic hydroxyl groups excluding tert-OH is 1. The second kappa shape index (κ2) is 8.78. The lowest BCUT2D eigenvalue weighted by atomic mass is 9.62. The van der Waals surface area contributed by atoms with Crippen LogP contribution in [0.5, 0.6) is 0 Å². The predicted octanol–water partition coefficient (Wildman–Crippen LogP) is 5.89. The van der Waals surface area contributed by atoms with E-state index in [4.69, 9.17) is 5.11 Å². The first-order valence-electron chi connectivity index (χ1n) is 8.79. The maximum absolute atomic E-state index is 8.86. The molecule has 0 bridgehead atoms. The van der Waals surface area contributed by atoms with Gasteiger partial charge in [0.15, 0.2) is 0 Å². The van der Waals surface area contributed by atoms with Crippen molar-refractivity contribution in [3.8, 4) is 0 Å². The van der Waals surface area contributed by atoms with Crippen molar-refractivity contribution in [1.29, 1.82) is 0 Å². The van der Waals surface area contributed by atoms with Gasteiger partial charge in [0.25, 0.3) is 0 Å². The van der Waals surface area contributed by atoms with Crippen LogP contribution in [0.25, 0.3) is 0 Å². The maximum atomic E-state index is 8.86. The standard InChI is InChI=1S/C20H36O/c1-16(8-6-9-17(2)13-15-21)11-12-19-18(3)10-7-14-20(19,4)5/h8,13,18-19,21H,6-7,9-12,14-15H2,1-5H3. The fraction of sp³-hybridized carbons (Fsp3) is 0.800. The van der Waals surface area contributed by atoms with E-state index in [1.807, 2.05) is 6.08 Å². The Labute approximate surface area is 132 Å². The van der Waals surface area contributed by atoms with E-state index in [0.29, 0.717) is 5.41 Å². The molecule has 0 saturated heterocycles. The fourth-order valence-electron chi connectivity index (χ4n) is 4.00. The summed E-state index contributed by atoms with van der Waals surface area (Å²) in [5.74, 6) is 1.77. The van der Waals surface area contributed by atoms with E-state index in [-0.39, 0.29) is 6.61 Å². The van der Waals surface area contributed by atoms with Gasteiger partial charge in [0.2, 0.25) is 0 Å². The number of allylic oxidation sites excluding steroid dienone is 3. The monoisotopic (exact) mass is 292 g/mol. The molecule has 1 fully saturated rings. The normalized spacial score (nSPS) is 27.0. The molecule has 1 nitrogen and oxygen atoms in total. The summed E-state index contributed by atoms with van der Waals surface area (Å²) in [7, 11) is 0. The Balaban J connectivity index is 2.40. The van der Waals surface area contributed by atoms with E-state index in [2.05, 4.69) is 40.7 Å². The zero-order valence-corrected chi connectivity index (χ0v) is 14.9.